The molecule has 1 fully saturated rings. The van der Waals surface area contributed by atoms with E-state index >= 15 is 0 Å². The Morgan fingerprint density at radius 1 is 1.21 bits per heavy atom. The summed E-state index contributed by atoms with van der Waals surface area (Å²) in [4.78, 5) is 4.63. The molecule has 3 rings (SSSR count). The predicted molar refractivity (Wildman–Crippen MR) is 73.4 cm³/mol. The highest BCUT2D eigenvalue weighted by atomic mass is 16.5. The second-order valence-corrected chi connectivity index (χ2v) is 5.15. The Morgan fingerprint density at radius 3 is 2.63 bits per heavy atom. The zero-order valence-corrected chi connectivity index (χ0v) is 11.2. The molecule has 0 spiro atoms. The van der Waals surface area contributed by atoms with E-state index in [1.54, 1.807) is 7.11 Å². The van der Waals surface area contributed by atoms with Crippen molar-refractivity contribution in [1.29, 1.82) is 0 Å². The lowest BCUT2D eigenvalue weighted by atomic mass is 10.1. The van der Waals surface area contributed by atoms with E-state index in [2.05, 4.69) is 27.3 Å². The molecule has 100 valence electrons. The summed E-state index contributed by atoms with van der Waals surface area (Å²) in [6, 6.07) is 8.08. The maximum atomic E-state index is 5.16. The van der Waals surface area contributed by atoms with E-state index in [0.29, 0.717) is 5.92 Å². The molecular weight excluding hydrogens is 238 g/mol. The van der Waals surface area contributed by atoms with Gasteiger partial charge in [0.05, 0.1) is 7.11 Å². The molecule has 1 N–H and O–H groups in total. The summed E-state index contributed by atoms with van der Waals surface area (Å²) in [6.45, 7) is 0. The highest BCUT2D eigenvalue weighted by molar-refractivity contribution is 5.28. The van der Waals surface area contributed by atoms with Gasteiger partial charge in [-0.15, -0.1) is 0 Å². The molecule has 0 radical (unpaired) electrons. The van der Waals surface area contributed by atoms with Crippen LogP contribution in [0.3, 0.4) is 0 Å². The molecule has 4 nitrogen and oxygen atoms in total. The average Bonchev–Trinajstić information content (AvgIpc) is 3.10. The first-order chi connectivity index (χ1) is 9.35. The Kier molecular flexibility index (Phi) is 3.49. The first-order valence-corrected chi connectivity index (χ1v) is 6.89. The number of aromatic nitrogens is 3. The summed E-state index contributed by atoms with van der Waals surface area (Å²) in [6.07, 6.45) is 5.89. The van der Waals surface area contributed by atoms with Crippen molar-refractivity contribution < 1.29 is 4.74 Å². The van der Waals surface area contributed by atoms with Crippen LogP contribution in [-0.2, 0) is 6.42 Å². The zero-order chi connectivity index (χ0) is 13.1. The fourth-order valence-corrected chi connectivity index (χ4v) is 2.69. The minimum atomic E-state index is 0.570. The SMILES string of the molecule is COc1ccc(Cc2nc(C3CCCC3)n[nH]2)cc1. The third kappa shape index (κ3) is 2.78. The predicted octanol–water partition coefficient (Wildman–Crippen LogP) is 3.06. The molecule has 1 aromatic carbocycles. The summed E-state index contributed by atoms with van der Waals surface area (Å²) in [7, 11) is 1.68. The van der Waals surface area contributed by atoms with Crippen LogP contribution in [-0.4, -0.2) is 22.3 Å². The summed E-state index contributed by atoms with van der Waals surface area (Å²) >= 11 is 0. The molecule has 0 unspecified atom stereocenters. The molecule has 0 bridgehead atoms. The third-order valence-electron chi connectivity index (χ3n) is 3.80. The van der Waals surface area contributed by atoms with Gasteiger partial charge in [0.2, 0.25) is 0 Å². The van der Waals surface area contributed by atoms with Crippen LogP contribution in [0.2, 0.25) is 0 Å². The van der Waals surface area contributed by atoms with E-state index in [-0.39, 0.29) is 0 Å². The number of hydrogen-bond donors (Lipinski definition) is 1. The lowest BCUT2D eigenvalue weighted by molar-refractivity contribution is 0.414. The van der Waals surface area contributed by atoms with E-state index in [9.17, 15) is 0 Å². The van der Waals surface area contributed by atoms with Crippen LogP contribution < -0.4 is 4.74 Å². The Hall–Kier alpha value is -1.84. The number of nitrogens with one attached hydrogen (secondary N) is 1. The number of aromatic amines is 1. The molecule has 1 saturated carbocycles. The fourth-order valence-electron chi connectivity index (χ4n) is 2.69. The second-order valence-electron chi connectivity index (χ2n) is 5.15. The number of benzene rings is 1. The quantitative estimate of drug-likeness (QED) is 0.915. The topological polar surface area (TPSA) is 50.8 Å². The van der Waals surface area contributed by atoms with Gasteiger partial charge in [-0.2, -0.15) is 5.10 Å². The van der Waals surface area contributed by atoms with Crippen molar-refractivity contribution in [2.75, 3.05) is 7.11 Å². The summed E-state index contributed by atoms with van der Waals surface area (Å²) < 4.78 is 5.16. The van der Waals surface area contributed by atoms with Gasteiger partial charge < -0.3 is 4.74 Å². The molecule has 0 saturated heterocycles. The van der Waals surface area contributed by atoms with Crippen LogP contribution in [0.5, 0.6) is 5.75 Å². The fraction of sp³-hybridized carbons (Fsp3) is 0.467. The molecule has 0 aliphatic heterocycles. The maximum absolute atomic E-state index is 5.16. The van der Waals surface area contributed by atoms with Crippen LogP contribution in [0.25, 0.3) is 0 Å². The highest BCUT2D eigenvalue weighted by Gasteiger charge is 2.21. The van der Waals surface area contributed by atoms with Crippen LogP contribution in [0.4, 0.5) is 0 Å². The number of ether oxygens (including phenoxy) is 1. The molecule has 4 heteroatoms. The third-order valence-corrected chi connectivity index (χ3v) is 3.80. The van der Waals surface area contributed by atoms with Crippen LogP contribution >= 0.6 is 0 Å². The van der Waals surface area contributed by atoms with Gasteiger partial charge in [-0.3, -0.25) is 5.10 Å². The van der Waals surface area contributed by atoms with Crippen LogP contribution in [0, 0.1) is 0 Å². The zero-order valence-electron chi connectivity index (χ0n) is 11.2. The Morgan fingerprint density at radius 2 is 1.95 bits per heavy atom. The number of H-pyrrole nitrogens is 1. The number of nitrogens with zero attached hydrogens (tertiary/aromatic N) is 2. The van der Waals surface area contributed by atoms with Gasteiger partial charge in [-0.25, -0.2) is 4.98 Å². The van der Waals surface area contributed by atoms with Gasteiger partial charge in [0.15, 0.2) is 5.82 Å². The second kappa shape index (κ2) is 5.43. The van der Waals surface area contributed by atoms with Gasteiger partial charge in [0.25, 0.3) is 0 Å². The molecule has 0 atom stereocenters. The van der Waals surface area contributed by atoms with Crippen LogP contribution in [0.1, 0.15) is 48.8 Å². The minimum absolute atomic E-state index is 0.570. The molecule has 1 heterocycles. The Balaban J connectivity index is 1.68. The molecule has 1 aliphatic rings. The van der Waals surface area contributed by atoms with Crippen molar-refractivity contribution >= 4 is 0 Å². The number of rotatable bonds is 4. The smallest absolute Gasteiger partial charge is 0.153 e. The van der Waals surface area contributed by atoms with Crippen molar-refractivity contribution in [3.63, 3.8) is 0 Å². The normalized spacial score (nSPS) is 15.8. The minimum Gasteiger partial charge on any atom is -0.497 e. The molecule has 0 amide bonds. The van der Waals surface area contributed by atoms with Gasteiger partial charge in [0.1, 0.15) is 11.6 Å². The molecule has 2 aromatic rings. The van der Waals surface area contributed by atoms with Crippen molar-refractivity contribution in [2.45, 2.75) is 38.0 Å². The van der Waals surface area contributed by atoms with Crippen molar-refractivity contribution in [3.05, 3.63) is 41.5 Å². The average molecular weight is 257 g/mol. The first kappa shape index (κ1) is 12.2. The molecular formula is C15H19N3O. The van der Waals surface area contributed by atoms with Crippen LogP contribution in [0.15, 0.2) is 24.3 Å². The maximum Gasteiger partial charge on any atom is 0.153 e. The van der Waals surface area contributed by atoms with Crippen molar-refractivity contribution in [2.24, 2.45) is 0 Å². The molecule has 1 aromatic heterocycles. The van der Waals surface area contributed by atoms with E-state index in [1.165, 1.54) is 31.2 Å². The Bertz CT molecular complexity index is 527. The lowest BCUT2D eigenvalue weighted by Gasteiger charge is -2.02. The lowest BCUT2D eigenvalue weighted by Crippen LogP contribution is -1.95. The summed E-state index contributed by atoms with van der Waals surface area (Å²) in [5.41, 5.74) is 1.22. The van der Waals surface area contributed by atoms with Crippen molar-refractivity contribution in [3.8, 4) is 5.75 Å². The van der Waals surface area contributed by atoms with Gasteiger partial charge in [-0.1, -0.05) is 25.0 Å². The van der Waals surface area contributed by atoms with E-state index < -0.39 is 0 Å². The first-order valence-electron chi connectivity index (χ1n) is 6.89. The number of hydrogen-bond acceptors (Lipinski definition) is 3. The van der Waals surface area contributed by atoms with E-state index in [4.69, 9.17) is 4.74 Å². The van der Waals surface area contributed by atoms with Crippen molar-refractivity contribution in [1.82, 2.24) is 15.2 Å². The highest BCUT2D eigenvalue weighted by Crippen LogP contribution is 2.31. The van der Waals surface area contributed by atoms with Gasteiger partial charge >= 0.3 is 0 Å². The summed E-state index contributed by atoms with van der Waals surface area (Å²) in [5.74, 6) is 3.40. The van der Waals surface area contributed by atoms with E-state index in [1.807, 2.05) is 12.1 Å². The molecule has 1 aliphatic carbocycles. The van der Waals surface area contributed by atoms with Gasteiger partial charge in [0, 0.05) is 12.3 Å². The Labute approximate surface area is 113 Å². The number of methoxy groups -OCH3 is 1. The monoisotopic (exact) mass is 257 g/mol. The molecule has 19 heavy (non-hydrogen) atoms. The largest absolute Gasteiger partial charge is 0.497 e. The van der Waals surface area contributed by atoms with E-state index in [0.717, 1.165) is 23.8 Å². The van der Waals surface area contributed by atoms with Gasteiger partial charge in [-0.05, 0) is 30.5 Å². The summed E-state index contributed by atoms with van der Waals surface area (Å²) in [5, 5.41) is 7.43. The standard InChI is InChI=1S/C15H19N3O/c1-19-13-8-6-11(7-9-13)10-14-16-15(18-17-14)12-4-2-3-5-12/h6-9,12H,2-5,10H2,1H3,(H,16,17,18).